The van der Waals surface area contributed by atoms with Gasteiger partial charge in [0.1, 0.15) is 12.1 Å². The number of benzene rings is 1. The van der Waals surface area contributed by atoms with Crippen molar-refractivity contribution in [2.45, 2.75) is 50.7 Å². The number of fused-ring (bicyclic) bond motifs is 3. The smallest absolute Gasteiger partial charge is 0.333 e. The predicted molar refractivity (Wildman–Crippen MR) is 125 cm³/mol. The van der Waals surface area contributed by atoms with E-state index in [-0.39, 0.29) is 0 Å². The second kappa shape index (κ2) is 9.03. The van der Waals surface area contributed by atoms with E-state index < -0.39 is 6.55 Å². The number of rotatable bonds is 5. The number of ether oxygens (including phenoxy) is 1. The first-order valence-electron chi connectivity index (χ1n) is 12.0. The molecule has 0 spiro atoms. The molecule has 1 N–H and O–H groups in total. The summed E-state index contributed by atoms with van der Waals surface area (Å²) in [6.07, 6.45) is 9.84. The van der Waals surface area contributed by atoms with Gasteiger partial charge in [0.05, 0.1) is 25.1 Å². The van der Waals surface area contributed by atoms with Gasteiger partial charge in [-0.25, -0.2) is 14.6 Å². The van der Waals surface area contributed by atoms with Crippen molar-refractivity contribution >= 4 is 5.82 Å². The molecule has 3 aliphatic rings. The van der Waals surface area contributed by atoms with Crippen LogP contribution >= 0.6 is 0 Å². The van der Waals surface area contributed by atoms with Crippen molar-refractivity contribution in [2.24, 2.45) is 0 Å². The van der Waals surface area contributed by atoms with Gasteiger partial charge in [-0.1, -0.05) is 12.1 Å². The van der Waals surface area contributed by atoms with Gasteiger partial charge >= 0.3 is 6.55 Å². The third kappa shape index (κ3) is 4.07. The minimum absolute atomic E-state index is 0.382. The maximum atomic E-state index is 13.0. The van der Waals surface area contributed by atoms with Gasteiger partial charge in [-0.15, -0.1) is 0 Å². The minimum Gasteiger partial charge on any atom is -0.379 e. The summed E-state index contributed by atoms with van der Waals surface area (Å²) in [7, 11) is 0. The highest BCUT2D eigenvalue weighted by atomic mass is 19.3. The van der Waals surface area contributed by atoms with Gasteiger partial charge < -0.3 is 10.1 Å². The van der Waals surface area contributed by atoms with E-state index in [1.807, 2.05) is 6.07 Å². The van der Waals surface area contributed by atoms with Gasteiger partial charge in [0, 0.05) is 48.9 Å². The maximum Gasteiger partial charge on any atom is 0.333 e. The number of halogens is 2. The average Bonchev–Trinajstić information content (AvgIpc) is 3.50. The Bertz CT molecular complexity index is 1170. The Hall–Kier alpha value is -2.91. The maximum absolute atomic E-state index is 13.0. The number of aromatic nitrogens is 4. The molecule has 34 heavy (non-hydrogen) atoms. The molecule has 1 aromatic carbocycles. The molecule has 3 aromatic rings. The molecule has 0 atom stereocenters. The van der Waals surface area contributed by atoms with Crippen molar-refractivity contribution in [3.05, 3.63) is 48.2 Å². The van der Waals surface area contributed by atoms with Crippen LogP contribution in [0.15, 0.2) is 36.9 Å². The quantitative estimate of drug-likeness (QED) is 0.471. The largest absolute Gasteiger partial charge is 0.379 e. The molecule has 1 aliphatic heterocycles. The lowest BCUT2D eigenvalue weighted by Crippen LogP contribution is -2.46. The van der Waals surface area contributed by atoms with E-state index in [0.717, 1.165) is 73.8 Å². The minimum atomic E-state index is -2.65. The fraction of sp³-hybridized carbons (Fsp3) is 0.480. The molecule has 6 rings (SSSR count). The fourth-order valence-electron chi connectivity index (χ4n) is 5.59. The van der Waals surface area contributed by atoms with E-state index in [9.17, 15) is 8.78 Å². The molecule has 0 unspecified atom stereocenters. The van der Waals surface area contributed by atoms with Crippen molar-refractivity contribution in [1.29, 1.82) is 0 Å². The molecule has 9 heteroatoms. The number of hydrogen-bond donors (Lipinski definition) is 1. The van der Waals surface area contributed by atoms with Crippen molar-refractivity contribution in [3.8, 4) is 22.3 Å². The van der Waals surface area contributed by atoms with Crippen LogP contribution < -0.4 is 5.32 Å². The molecule has 0 amide bonds. The Kier molecular flexibility index (Phi) is 5.74. The highest BCUT2D eigenvalue weighted by molar-refractivity contribution is 5.86. The van der Waals surface area contributed by atoms with Crippen molar-refractivity contribution in [3.63, 3.8) is 0 Å². The standard InChI is InChI=1S/C25H28F2N6O/c26-25(27)33-14-18(13-30-33)16-1-2-17-12-22-23(21(17)11-16)24(29-15-28-22)31-19-3-5-20(6-4-19)32-7-9-34-10-8-32/h1-2,11,13-15,19-20,25H,3-10,12H2,(H,28,29,31). The Labute approximate surface area is 197 Å². The van der Waals surface area contributed by atoms with Gasteiger partial charge in [0.15, 0.2) is 0 Å². The summed E-state index contributed by atoms with van der Waals surface area (Å²) in [4.78, 5) is 11.7. The molecule has 1 saturated carbocycles. The third-order valence-electron chi connectivity index (χ3n) is 7.40. The predicted octanol–water partition coefficient (Wildman–Crippen LogP) is 4.36. The number of nitrogens with one attached hydrogen (secondary N) is 1. The van der Waals surface area contributed by atoms with Crippen LogP contribution in [-0.4, -0.2) is 63.0 Å². The molecule has 0 radical (unpaired) electrons. The summed E-state index contributed by atoms with van der Waals surface area (Å²) < 4.78 is 32.2. The summed E-state index contributed by atoms with van der Waals surface area (Å²) in [5, 5.41) is 7.50. The number of nitrogens with zero attached hydrogens (tertiary/aromatic N) is 5. The molecule has 0 bridgehead atoms. The molecular formula is C25H28F2N6O. The zero-order valence-electron chi connectivity index (χ0n) is 19.0. The van der Waals surface area contributed by atoms with E-state index in [2.05, 4.69) is 37.4 Å². The second-order valence-electron chi connectivity index (χ2n) is 9.38. The molecule has 2 aliphatic carbocycles. The lowest BCUT2D eigenvalue weighted by Gasteiger charge is -2.39. The summed E-state index contributed by atoms with van der Waals surface area (Å²) in [5.74, 6) is 0.874. The molecule has 2 fully saturated rings. The molecule has 3 heterocycles. The van der Waals surface area contributed by atoms with Crippen LogP contribution in [0.3, 0.4) is 0 Å². The Balaban J connectivity index is 1.21. The highest BCUT2D eigenvalue weighted by Gasteiger charge is 2.29. The van der Waals surface area contributed by atoms with Crippen LogP contribution in [0.1, 0.15) is 43.5 Å². The van der Waals surface area contributed by atoms with Crippen molar-refractivity contribution in [2.75, 3.05) is 31.6 Å². The fourth-order valence-corrected chi connectivity index (χ4v) is 5.59. The lowest BCUT2D eigenvalue weighted by atomic mass is 9.89. The molecule has 178 valence electrons. The summed E-state index contributed by atoms with van der Waals surface area (Å²) in [6.45, 7) is 1.12. The zero-order valence-corrected chi connectivity index (χ0v) is 19.0. The van der Waals surface area contributed by atoms with Crippen LogP contribution in [0.2, 0.25) is 0 Å². The Morgan fingerprint density at radius 2 is 1.85 bits per heavy atom. The number of hydrogen-bond acceptors (Lipinski definition) is 6. The average molecular weight is 467 g/mol. The first-order valence-corrected chi connectivity index (χ1v) is 12.0. The zero-order chi connectivity index (χ0) is 23.1. The number of anilines is 1. The second-order valence-corrected chi connectivity index (χ2v) is 9.38. The topological polar surface area (TPSA) is 68.1 Å². The van der Waals surface area contributed by atoms with Crippen molar-refractivity contribution < 1.29 is 13.5 Å². The number of morpholine rings is 1. The Morgan fingerprint density at radius 3 is 2.62 bits per heavy atom. The van der Waals surface area contributed by atoms with Crippen LogP contribution in [0.25, 0.3) is 22.3 Å². The van der Waals surface area contributed by atoms with E-state index >= 15 is 0 Å². The van der Waals surface area contributed by atoms with Crippen LogP contribution in [-0.2, 0) is 11.2 Å². The summed E-state index contributed by atoms with van der Waals surface area (Å²) in [5.41, 5.74) is 5.83. The van der Waals surface area contributed by atoms with Crippen LogP contribution in [0.4, 0.5) is 14.6 Å². The summed E-state index contributed by atoms with van der Waals surface area (Å²) >= 11 is 0. The number of alkyl halides is 2. The molecular weight excluding hydrogens is 438 g/mol. The van der Waals surface area contributed by atoms with Crippen LogP contribution in [0, 0.1) is 0 Å². The third-order valence-corrected chi connectivity index (χ3v) is 7.40. The van der Waals surface area contributed by atoms with Gasteiger partial charge in [-0.05, 0) is 48.4 Å². The van der Waals surface area contributed by atoms with Gasteiger partial charge in [0.25, 0.3) is 0 Å². The van der Waals surface area contributed by atoms with E-state index in [1.54, 1.807) is 6.33 Å². The van der Waals surface area contributed by atoms with Gasteiger partial charge in [-0.3, -0.25) is 4.90 Å². The Morgan fingerprint density at radius 1 is 1.03 bits per heavy atom. The first kappa shape index (κ1) is 21.6. The van der Waals surface area contributed by atoms with E-state index in [4.69, 9.17) is 4.74 Å². The lowest BCUT2D eigenvalue weighted by molar-refractivity contribution is 0.00791. The highest BCUT2D eigenvalue weighted by Crippen LogP contribution is 2.42. The first-order chi connectivity index (χ1) is 16.7. The van der Waals surface area contributed by atoms with E-state index in [1.165, 1.54) is 30.8 Å². The molecule has 2 aromatic heterocycles. The monoisotopic (exact) mass is 466 g/mol. The van der Waals surface area contributed by atoms with Gasteiger partial charge in [-0.2, -0.15) is 13.9 Å². The van der Waals surface area contributed by atoms with Crippen LogP contribution in [0.5, 0.6) is 0 Å². The molecule has 1 saturated heterocycles. The normalized spacial score (nSPS) is 22.6. The summed E-state index contributed by atoms with van der Waals surface area (Å²) in [6, 6.07) is 7.11. The van der Waals surface area contributed by atoms with Gasteiger partial charge in [0.2, 0.25) is 0 Å². The molecule has 7 nitrogen and oxygen atoms in total. The van der Waals surface area contributed by atoms with E-state index in [0.29, 0.717) is 22.3 Å². The SMILES string of the molecule is FC(F)n1cc(-c2ccc3c(c2)-c2c(ncnc2NC2CCC(N4CCOCC4)CC2)C3)cn1. The van der Waals surface area contributed by atoms with Crippen molar-refractivity contribution in [1.82, 2.24) is 24.6 Å².